The van der Waals surface area contributed by atoms with E-state index >= 15 is 0 Å². The van der Waals surface area contributed by atoms with Crippen molar-refractivity contribution in [3.63, 3.8) is 0 Å². The van der Waals surface area contributed by atoms with Gasteiger partial charge in [0.25, 0.3) is 0 Å². The average molecular weight is 279 g/mol. The minimum absolute atomic E-state index is 0.0452. The summed E-state index contributed by atoms with van der Waals surface area (Å²) in [6.07, 6.45) is -4.48. The molecule has 0 bridgehead atoms. The van der Waals surface area contributed by atoms with Crippen molar-refractivity contribution in [1.82, 2.24) is 0 Å². The lowest BCUT2D eigenvalue weighted by atomic mass is 9.97. The molecule has 0 radical (unpaired) electrons. The summed E-state index contributed by atoms with van der Waals surface area (Å²) in [6, 6.07) is 11.8. The van der Waals surface area contributed by atoms with Crippen molar-refractivity contribution in [2.24, 2.45) is 5.73 Å². The average Bonchev–Trinajstić information content (AvgIpc) is 2.46. The lowest BCUT2D eigenvalue weighted by molar-refractivity contribution is -0.137. The molecular formula is C15H12F3NO. The van der Waals surface area contributed by atoms with Crippen LogP contribution in [0, 0.1) is 0 Å². The number of ketones is 1. The summed E-state index contributed by atoms with van der Waals surface area (Å²) < 4.78 is 37.8. The quantitative estimate of drug-likeness (QED) is 0.872. The van der Waals surface area contributed by atoms with Crippen LogP contribution in [0.4, 0.5) is 13.2 Å². The van der Waals surface area contributed by atoms with Gasteiger partial charge in [0.1, 0.15) is 0 Å². The van der Waals surface area contributed by atoms with Crippen LogP contribution >= 0.6 is 0 Å². The van der Waals surface area contributed by atoms with Crippen LogP contribution in [-0.4, -0.2) is 5.78 Å². The molecule has 1 atom stereocenters. The van der Waals surface area contributed by atoms with E-state index in [2.05, 4.69) is 0 Å². The van der Waals surface area contributed by atoms with Gasteiger partial charge in [0.05, 0.1) is 11.6 Å². The zero-order chi connectivity index (χ0) is 14.8. The second-order valence-corrected chi connectivity index (χ2v) is 4.33. The van der Waals surface area contributed by atoms with Crippen LogP contribution in [-0.2, 0) is 6.18 Å². The summed E-state index contributed by atoms with van der Waals surface area (Å²) in [4.78, 5) is 12.1. The van der Waals surface area contributed by atoms with E-state index in [0.29, 0.717) is 5.56 Å². The topological polar surface area (TPSA) is 43.1 Å². The van der Waals surface area contributed by atoms with Crippen molar-refractivity contribution < 1.29 is 18.0 Å². The SMILES string of the molecule is NC(C(=O)c1cccc(C(F)(F)F)c1)c1ccccc1. The van der Waals surface area contributed by atoms with Gasteiger partial charge in [-0.2, -0.15) is 13.2 Å². The number of carbonyl (C=O) groups is 1. The number of Topliss-reactive ketones (excluding diaryl/α,β-unsaturated/α-hetero) is 1. The number of halogens is 3. The van der Waals surface area contributed by atoms with Crippen molar-refractivity contribution in [3.05, 3.63) is 71.3 Å². The molecule has 2 aromatic carbocycles. The molecule has 0 saturated heterocycles. The third kappa shape index (κ3) is 3.05. The number of carbonyl (C=O) groups excluding carboxylic acids is 1. The molecule has 0 fully saturated rings. The Morgan fingerprint density at radius 2 is 1.65 bits per heavy atom. The summed E-state index contributed by atoms with van der Waals surface area (Å²) in [7, 11) is 0. The fraction of sp³-hybridized carbons (Fsp3) is 0.133. The van der Waals surface area contributed by atoms with Gasteiger partial charge in [-0.15, -0.1) is 0 Å². The van der Waals surface area contributed by atoms with Crippen molar-refractivity contribution in [2.75, 3.05) is 0 Å². The fourth-order valence-electron chi connectivity index (χ4n) is 1.84. The minimum atomic E-state index is -4.48. The number of rotatable bonds is 3. The highest BCUT2D eigenvalue weighted by atomic mass is 19.4. The van der Waals surface area contributed by atoms with E-state index in [4.69, 9.17) is 5.73 Å². The van der Waals surface area contributed by atoms with Crippen LogP contribution in [0.2, 0.25) is 0 Å². The van der Waals surface area contributed by atoms with E-state index in [1.54, 1.807) is 30.3 Å². The molecule has 5 heteroatoms. The molecule has 2 rings (SSSR count). The standard InChI is InChI=1S/C15H12F3NO/c16-15(17,18)12-8-4-7-11(9-12)14(20)13(19)10-5-2-1-3-6-10/h1-9,13H,19H2. The molecule has 20 heavy (non-hydrogen) atoms. The second kappa shape index (κ2) is 5.46. The van der Waals surface area contributed by atoms with E-state index in [1.165, 1.54) is 12.1 Å². The molecule has 0 amide bonds. The molecule has 0 aliphatic carbocycles. The molecule has 2 aromatic rings. The lowest BCUT2D eigenvalue weighted by Gasteiger charge is -2.12. The van der Waals surface area contributed by atoms with Crippen LogP contribution in [0.1, 0.15) is 27.5 Å². The predicted octanol–water partition coefficient (Wildman–Crippen LogP) is 3.59. The first-order chi connectivity index (χ1) is 9.39. The van der Waals surface area contributed by atoms with E-state index in [9.17, 15) is 18.0 Å². The first kappa shape index (κ1) is 14.3. The van der Waals surface area contributed by atoms with Crippen LogP contribution in [0.5, 0.6) is 0 Å². The Bertz CT molecular complexity index is 608. The lowest BCUT2D eigenvalue weighted by Crippen LogP contribution is -2.22. The van der Waals surface area contributed by atoms with Crippen molar-refractivity contribution in [3.8, 4) is 0 Å². The molecular weight excluding hydrogens is 267 g/mol. The molecule has 1 unspecified atom stereocenters. The summed E-state index contributed by atoms with van der Waals surface area (Å²) in [6.45, 7) is 0. The Labute approximate surface area is 114 Å². The van der Waals surface area contributed by atoms with Crippen molar-refractivity contribution in [1.29, 1.82) is 0 Å². The van der Waals surface area contributed by atoms with Crippen molar-refractivity contribution in [2.45, 2.75) is 12.2 Å². The molecule has 0 saturated carbocycles. The molecule has 0 aliphatic rings. The third-order valence-corrected chi connectivity index (χ3v) is 2.92. The first-order valence-electron chi connectivity index (χ1n) is 5.91. The zero-order valence-corrected chi connectivity index (χ0v) is 10.4. The summed E-state index contributed by atoms with van der Waals surface area (Å²) in [5.74, 6) is -0.540. The van der Waals surface area contributed by atoms with Gasteiger partial charge in [0.2, 0.25) is 0 Å². The number of alkyl halides is 3. The Kier molecular flexibility index (Phi) is 3.90. The van der Waals surface area contributed by atoms with E-state index in [-0.39, 0.29) is 5.56 Å². The molecule has 104 valence electrons. The first-order valence-corrected chi connectivity index (χ1v) is 5.91. The maximum absolute atomic E-state index is 12.6. The van der Waals surface area contributed by atoms with Gasteiger partial charge in [-0.05, 0) is 17.7 Å². The van der Waals surface area contributed by atoms with Gasteiger partial charge in [-0.1, -0.05) is 42.5 Å². The summed E-state index contributed by atoms with van der Waals surface area (Å²) in [5.41, 5.74) is 5.46. The van der Waals surface area contributed by atoms with Gasteiger partial charge >= 0.3 is 6.18 Å². The maximum Gasteiger partial charge on any atom is 0.416 e. The van der Waals surface area contributed by atoms with Gasteiger partial charge in [-0.25, -0.2) is 0 Å². The van der Waals surface area contributed by atoms with E-state index in [0.717, 1.165) is 12.1 Å². The fourth-order valence-corrected chi connectivity index (χ4v) is 1.84. The monoisotopic (exact) mass is 279 g/mol. The smallest absolute Gasteiger partial charge is 0.318 e. The summed E-state index contributed by atoms with van der Waals surface area (Å²) >= 11 is 0. The number of hydrogen-bond acceptors (Lipinski definition) is 2. The minimum Gasteiger partial charge on any atom is -0.318 e. The van der Waals surface area contributed by atoms with Crippen LogP contribution < -0.4 is 5.73 Å². The van der Waals surface area contributed by atoms with E-state index in [1.807, 2.05) is 0 Å². The highest BCUT2D eigenvalue weighted by Gasteiger charge is 2.31. The van der Waals surface area contributed by atoms with Crippen LogP contribution in [0.15, 0.2) is 54.6 Å². The third-order valence-electron chi connectivity index (χ3n) is 2.92. The van der Waals surface area contributed by atoms with Crippen LogP contribution in [0.25, 0.3) is 0 Å². The highest BCUT2D eigenvalue weighted by Crippen LogP contribution is 2.30. The predicted molar refractivity (Wildman–Crippen MR) is 69.1 cm³/mol. The van der Waals surface area contributed by atoms with Gasteiger partial charge in [0.15, 0.2) is 5.78 Å². The van der Waals surface area contributed by atoms with Crippen molar-refractivity contribution >= 4 is 5.78 Å². The number of benzene rings is 2. The van der Waals surface area contributed by atoms with E-state index < -0.39 is 23.6 Å². The van der Waals surface area contributed by atoms with Gasteiger partial charge in [-0.3, -0.25) is 4.79 Å². The van der Waals surface area contributed by atoms with Gasteiger partial charge in [0, 0.05) is 5.56 Å². The molecule has 2 N–H and O–H groups in total. The zero-order valence-electron chi connectivity index (χ0n) is 10.4. The Hall–Kier alpha value is -2.14. The highest BCUT2D eigenvalue weighted by molar-refractivity contribution is 6.00. The Balaban J connectivity index is 2.30. The summed E-state index contributed by atoms with van der Waals surface area (Å²) in [5, 5.41) is 0. The largest absolute Gasteiger partial charge is 0.416 e. The molecule has 0 aliphatic heterocycles. The molecule has 0 aromatic heterocycles. The van der Waals surface area contributed by atoms with Crippen LogP contribution in [0.3, 0.4) is 0 Å². The maximum atomic E-state index is 12.6. The molecule has 0 heterocycles. The number of nitrogens with two attached hydrogens (primary N) is 1. The Morgan fingerprint density at radius 3 is 2.25 bits per heavy atom. The Morgan fingerprint density at radius 1 is 1.00 bits per heavy atom. The molecule has 2 nitrogen and oxygen atoms in total. The van der Waals surface area contributed by atoms with Gasteiger partial charge < -0.3 is 5.73 Å². The normalized spacial score (nSPS) is 13.0. The second-order valence-electron chi connectivity index (χ2n) is 4.33. The molecule has 0 spiro atoms. The number of hydrogen-bond donors (Lipinski definition) is 1.